The van der Waals surface area contributed by atoms with E-state index in [4.69, 9.17) is 11.6 Å². The number of rotatable bonds is 4. The van der Waals surface area contributed by atoms with E-state index >= 15 is 0 Å². The minimum Gasteiger partial charge on any atom is -0.465 e. The third-order valence-electron chi connectivity index (χ3n) is 3.71. The van der Waals surface area contributed by atoms with E-state index in [2.05, 4.69) is 20.1 Å². The molecule has 128 valence electrons. The zero-order valence-corrected chi connectivity index (χ0v) is 14.9. The van der Waals surface area contributed by atoms with Crippen molar-refractivity contribution in [2.75, 3.05) is 23.9 Å². The minimum atomic E-state index is -0.546. The molecule has 1 fully saturated rings. The summed E-state index contributed by atoms with van der Waals surface area (Å²) in [6.45, 7) is 2.46. The van der Waals surface area contributed by atoms with Crippen LogP contribution in [0.5, 0.6) is 0 Å². The Morgan fingerprint density at radius 1 is 1.54 bits per heavy atom. The number of amides is 1. The molecule has 2 aromatic rings. The first-order valence-corrected chi connectivity index (χ1v) is 8.43. The molecule has 2 aromatic heterocycles. The van der Waals surface area contributed by atoms with E-state index < -0.39 is 12.0 Å². The van der Waals surface area contributed by atoms with Crippen LogP contribution in [0.1, 0.15) is 21.8 Å². The average molecular weight is 370 g/mol. The molecule has 3 heterocycles. The molecule has 1 N–H and O–H groups in total. The molecule has 0 radical (unpaired) electrons. The maximum absolute atomic E-state index is 12.6. The zero-order valence-electron chi connectivity index (χ0n) is 13.4. The predicted octanol–water partition coefficient (Wildman–Crippen LogP) is 1.84. The molecule has 0 bridgehead atoms. The highest BCUT2D eigenvalue weighted by molar-refractivity contribution is 7.18. The smallest absolute Gasteiger partial charge is 0.351 e. The highest BCUT2D eigenvalue weighted by atomic mass is 35.5. The molecular weight excluding hydrogens is 354 g/mol. The number of anilines is 2. The van der Waals surface area contributed by atoms with Gasteiger partial charge in [-0.05, 0) is 13.3 Å². The van der Waals surface area contributed by atoms with Crippen LogP contribution in [0, 0.1) is 6.92 Å². The predicted molar refractivity (Wildman–Crippen MR) is 90.8 cm³/mol. The lowest BCUT2D eigenvalue weighted by Crippen LogP contribution is -2.34. The average Bonchev–Trinajstić information content (AvgIpc) is 3.18. The Balaban J connectivity index is 1.75. The van der Waals surface area contributed by atoms with Crippen molar-refractivity contribution in [3.8, 4) is 0 Å². The number of esters is 1. The van der Waals surface area contributed by atoms with Crippen molar-refractivity contribution < 1.29 is 14.3 Å². The van der Waals surface area contributed by atoms with E-state index in [1.165, 1.54) is 7.11 Å². The number of aromatic nitrogens is 3. The topological polar surface area (TPSA) is 89.4 Å². The fourth-order valence-electron chi connectivity index (χ4n) is 2.62. The number of halogens is 1. The minimum absolute atomic E-state index is 0.0658. The van der Waals surface area contributed by atoms with Crippen LogP contribution in [0.15, 0.2) is 6.07 Å². The summed E-state index contributed by atoms with van der Waals surface area (Å²) in [6, 6.07) is 1.45. The fraction of sp³-hybridized carbons (Fsp3) is 0.429. The summed E-state index contributed by atoms with van der Waals surface area (Å²) in [5.74, 6) is 0.147. The molecule has 0 aliphatic carbocycles. The quantitative estimate of drug-likeness (QED) is 0.827. The van der Waals surface area contributed by atoms with Crippen molar-refractivity contribution in [3.05, 3.63) is 21.8 Å². The van der Waals surface area contributed by atoms with E-state index in [0.29, 0.717) is 18.1 Å². The molecule has 1 aliphatic heterocycles. The number of hydrogen-bond donors (Lipinski definition) is 1. The number of carbonyl (C=O) groups is 2. The van der Waals surface area contributed by atoms with Crippen LogP contribution < -0.4 is 10.2 Å². The lowest BCUT2D eigenvalue weighted by molar-refractivity contribution is -0.117. The number of ether oxygens (including phenoxy) is 1. The van der Waals surface area contributed by atoms with Crippen LogP contribution in [0.4, 0.5) is 10.9 Å². The van der Waals surface area contributed by atoms with Crippen LogP contribution in [-0.4, -0.2) is 46.3 Å². The van der Waals surface area contributed by atoms with Gasteiger partial charge in [-0.15, -0.1) is 0 Å². The lowest BCUT2D eigenvalue weighted by atomic mass is 10.2. The van der Waals surface area contributed by atoms with Crippen LogP contribution in [0.2, 0.25) is 5.15 Å². The van der Waals surface area contributed by atoms with Crippen LogP contribution in [0.25, 0.3) is 0 Å². The van der Waals surface area contributed by atoms with Gasteiger partial charge in [-0.1, -0.05) is 22.9 Å². The maximum atomic E-state index is 12.6. The van der Waals surface area contributed by atoms with Crippen LogP contribution >= 0.6 is 22.9 Å². The molecule has 10 heteroatoms. The summed E-state index contributed by atoms with van der Waals surface area (Å²) in [5, 5.41) is 7.80. The second-order valence-electron chi connectivity index (χ2n) is 5.37. The summed E-state index contributed by atoms with van der Waals surface area (Å²) < 4.78 is 6.33. The fourth-order valence-corrected chi connectivity index (χ4v) is 3.78. The van der Waals surface area contributed by atoms with Gasteiger partial charge in [0.05, 0.1) is 12.8 Å². The van der Waals surface area contributed by atoms with E-state index in [0.717, 1.165) is 22.8 Å². The lowest BCUT2D eigenvalue weighted by Gasteiger charge is -2.16. The van der Waals surface area contributed by atoms with Gasteiger partial charge >= 0.3 is 5.97 Å². The van der Waals surface area contributed by atoms with Crippen LogP contribution in [0.3, 0.4) is 0 Å². The van der Waals surface area contributed by atoms with Crippen LogP contribution in [-0.2, 0) is 16.6 Å². The monoisotopic (exact) mass is 369 g/mol. The highest BCUT2D eigenvalue weighted by Crippen LogP contribution is 2.30. The summed E-state index contributed by atoms with van der Waals surface area (Å²) in [6.07, 6.45) is 0.619. The number of nitrogens with zero attached hydrogens (tertiary/aromatic N) is 4. The Kier molecular flexibility index (Phi) is 4.46. The Morgan fingerprint density at radius 2 is 2.29 bits per heavy atom. The standard InChI is InChI=1S/C14H16ClN5O3S/c1-7-6-9(19(2)18-7)20-5-4-8(12(20)21)16-14-17-11(15)10(24-14)13(22)23-3/h6,8H,4-5H2,1-3H3,(H,16,17). The number of nitrogens with one attached hydrogen (secondary N) is 1. The van der Waals surface area contributed by atoms with Gasteiger partial charge < -0.3 is 10.1 Å². The molecule has 0 aromatic carbocycles. The second kappa shape index (κ2) is 6.40. The van der Waals surface area contributed by atoms with Crippen molar-refractivity contribution in [1.82, 2.24) is 14.8 Å². The van der Waals surface area contributed by atoms with Crippen molar-refractivity contribution in [2.45, 2.75) is 19.4 Å². The molecule has 0 saturated carbocycles. The summed E-state index contributed by atoms with van der Waals surface area (Å²) in [5.41, 5.74) is 0.853. The number of hydrogen-bond acceptors (Lipinski definition) is 7. The zero-order chi connectivity index (χ0) is 17.4. The SMILES string of the molecule is COC(=O)c1sc(NC2CCN(c3cc(C)nn3C)C2=O)nc1Cl. The molecule has 1 atom stereocenters. The van der Waals surface area contributed by atoms with Gasteiger partial charge in [0.1, 0.15) is 11.9 Å². The van der Waals surface area contributed by atoms with Gasteiger partial charge in [-0.25, -0.2) is 9.78 Å². The van der Waals surface area contributed by atoms with Gasteiger partial charge in [0.2, 0.25) is 0 Å². The van der Waals surface area contributed by atoms with E-state index in [1.54, 1.807) is 16.6 Å². The van der Waals surface area contributed by atoms with E-state index in [1.807, 2.05) is 13.0 Å². The highest BCUT2D eigenvalue weighted by Gasteiger charge is 2.35. The number of aryl methyl sites for hydroxylation is 2. The number of methoxy groups -OCH3 is 1. The van der Waals surface area contributed by atoms with Gasteiger partial charge in [0.25, 0.3) is 5.91 Å². The van der Waals surface area contributed by atoms with Gasteiger partial charge in [-0.2, -0.15) is 5.10 Å². The van der Waals surface area contributed by atoms with E-state index in [9.17, 15) is 9.59 Å². The maximum Gasteiger partial charge on any atom is 0.351 e. The molecular formula is C14H16ClN5O3S. The molecule has 1 aliphatic rings. The first kappa shape index (κ1) is 16.7. The molecule has 1 saturated heterocycles. The molecule has 8 nitrogen and oxygen atoms in total. The van der Waals surface area contributed by atoms with Crippen molar-refractivity contribution in [1.29, 1.82) is 0 Å². The van der Waals surface area contributed by atoms with Gasteiger partial charge in [-0.3, -0.25) is 14.4 Å². The summed E-state index contributed by atoms with van der Waals surface area (Å²) in [4.78, 5) is 30.2. The molecule has 24 heavy (non-hydrogen) atoms. The van der Waals surface area contributed by atoms with Gasteiger partial charge in [0, 0.05) is 19.7 Å². The largest absolute Gasteiger partial charge is 0.465 e. The first-order chi connectivity index (χ1) is 11.4. The van der Waals surface area contributed by atoms with Crippen molar-refractivity contribution in [3.63, 3.8) is 0 Å². The summed E-state index contributed by atoms with van der Waals surface area (Å²) in [7, 11) is 3.08. The Morgan fingerprint density at radius 3 is 2.92 bits per heavy atom. The molecule has 1 unspecified atom stereocenters. The molecule has 3 rings (SSSR count). The van der Waals surface area contributed by atoms with Gasteiger partial charge in [0.15, 0.2) is 15.2 Å². The first-order valence-electron chi connectivity index (χ1n) is 7.24. The normalized spacial score (nSPS) is 17.4. The third kappa shape index (κ3) is 2.96. The van der Waals surface area contributed by atoms with E-state index in [-0.39, 0.29) is 15.9 Å². The number of carbonyl (C=O) groups excluding carboxylic acids is 2. The Hall–Kier alpha value is -2.13. The molecule has 1 amide bonds. The molecule has 0 spiro atoms. The number of thiazole rings is 1. The van der Waals surface area contributed by atoms with Crippen molar-refractivity contribution in [2.24, 2.45) is 7.05 Å². The second-order valence-corrected chi connectivity index (χ2v) is 6.73. The Bertz CT molecular complexity index is 802. The third-order valence-corrected chi connectivity index (χ3v) is 5.07. The summed E-state index contributed by atoms with van der Waals surface area (Å²) >= 11 is 7.01. The van der Waals surface area contributed by atoms with Crippen molar-refractivity contribution >= 4 is 45.8 Å². The Labute approximate surface area is 147 Å².